The number of rotatable bonds is 5. The van der Waals surface area contributed by atoms with E-state index in [-0.39, 0.29) is 11.8 Å². The highest BCUT2D eigenvalue weighted by atomic mass is 32.1. The third kappa shape index (κ3) is 3.94. The van der Waals surface area contributed by atoms with Crippen molar-refractivity contribution in [3.8, 4) is 0 Å². The first-order chi connectivity index (χ1) is 13.5. The Balaban J connectivity index is 2.15. The lowest BCUT2D eigenvalue weighted by molar-refractivity contribution is -0.127. The molecule has 1 aliphatic heterocycles. The topological polar surface area (TPSA) is 58.7 Å². The Morgan fingerprint density at radius 2 is 2.14 bits per heavy atom. The van der Waals surface area contributed by atoms with Gasteiger partial charge in [-0.15, -0.1) is 11.3 Å². The van der Waals surface area contributed by atoms with Crippen LogP contribution in [0, 0.1) is 6.92 Å². The Hall–Kier alpha value is -2.66. The number of hydrogen-bond acceptors (Lipinski definition) is 4. The van der Waals surface area contributed by atoms with Crippen LogP contribution in [0.1, 0.15) is 46.2 Å². The Morgan fingerprint density at radius 3 is 2.82 bits per heavy atom. The Bertz CT molecular complexity index is 951. The normalized spacial score (nSPS) is 17.4. The highest BCUT2D eigenvalue weighted by molar-refractivity contribution is 7.12. The molecule has 1 atom stereocenters. The molecule has 0 aliphatic carbocycles. The van der Waals surface area contributed by atoms with Crippen molar-refractivity contribution in [2.45, 2.75) is 33.2 Å². The predicted molar refractivity (Wildman–Crippen MR) is 119 cm³/mol. The van der Waals surface area contributed by atoms with Gasteiger partial charge < -0.3 is 10.6 Å². The molecule has 2 aromatic rings. The van der Waals surface area contributed by atoms with Crippen molar-refractivity contribution in [3.63, 3.8) is 0 Å². The van der Waals surface area contributed by atoms with E-state index in [1.54, 1.807) is 11.3 Å². The summed E-state index contributed by atoms with van der Waals surface area (Å²) in [5.74, 6) is 0.0654. The first kappa shape index (κ1) is 20.1. The molecule has 2 N–H and O–H groups in total. The maximum Gasteiger partial charge on any atom is 0.246 e. The summed E-state index contributed by atoms with van der Waals surface area (Å²) in [4.78, 5) is 21.2. The summed E-state index contributed by atoms with van der Waals surface area (Å²) in [6.45, 7) is 11.7. The fourth-order valence-electron chi connectivity index (χ4n) is 3.73. The van der Waals surface area contributed by atoms with Crippen molar-refractivity contribution in [1.82, 2.24) is 4.90 Å². The maximum atomic E-state index is 12.4. The van der Waals surface area contributed by atoms with E-state index in [4.69, 9.17) is 5.73 Å². The van der Waals surface area contributed by atoms with Crippen LogP contribution in [-0.2, 0) is 11.3 Å². The summed E-state index contributed by atoms with van der Waals surface area (Å²) in [6, 6.07) is 10.6. The van der Waals surface area contributed by atoms with E-state index in [1.165, 1.54) is 27.0 Å². The Kier molecular flexibility index (Phi) is 6.15. The second kappa shape index (κ2) is 8.57. The van der Waals surface area contributed by atoms with Crippen LogP contribution in [0.5, 0.6) is 0 Å². The van der Waals surface area contributed by atoms with Gasteiger partial charge in [0.15, 0.2) is 0 Å². The Morgan fingerprint density at radius 1 is 1.39 bits per heavy atom. The van der Waals surface area contributed by atoms with Gasteiger partial charge in [0.05, 0.1) is 6.54 Å². The zero-order valence-corrected chi connectivity index (χ0v) is 17.6. The average molecular weight is 394 g/mol. The number of carbonyl (C=O) groups excluding carboxylic acids is 1. The number of fused-ring (bicyclic) bond motifs is 1. The summed E-state index contributed by atoms with van der Waals surface area (Å²) >= 11 is 1.76. The third-order valence-corrected chi connectivity index (χ3v) is 6.07. The molecule has 1 aromatic heterocycles. The fraction of sp³-hybridized carbons (Fsp3) is 0.304. The second-order valence-corrected chi connectivity index (χ2v) is 8.36. The fourth-order valence-corrected chi connectivity index (χ4v) is 4.85. The number of thiophene rings is 1. The van der Waals surface area contributed by atoms with Crippen LogP contribution in [0.2, 0.25) is 0 Å². The minimum atomic E-state index is -0.0301. The van der Waals surface area contributed by atoms with Gasteiger partial charge in [0.25, 0.3) is 0 Å². The molecule has 5 heteroatoms. The summed E-state index contributed by atoms with van der Waals surface area (Å²) < 4.78 is 0. The summed E-state index contributed by atoms with van der Waals surface area (Å²) in [6.07, 6.45) is 3.27. The molecule has 3 rings (SSSR count). The average Bonchev–Trinajstić information content (AvgIpc) is 3.07. The molecule has 0 radical (unpaired) electrons. The molecule has 1 aliphatic rings. The smallest absolute Gasteiger partial charge is 0.246 e. The van der Waals surface area contributed by atoms with Crippen LogP contribution in [0.4, 0.5) is 0 Å². The van der Waals surface area contributed by atoms with E-state index < -0.39 is 0 Å². The first-order valence-electron chi connectivity index (χ1n) is 9.52. The van der Waals surface area contributed by atoms with E-state index in [1.807, 2.05) is 37.1 Å². The molecular weight excluding hydrogens is 366 g/mol. The lowest BCUT2D eigenvalue weighted by atomic mass is 9.83. The maximum absolute atomic E-state index is 12.4. The van der Waals surface area contributed by atoms with Gasteiger partial charge in [-0.25, -0.2) is 0 Å². The van der Waals surface area contributed by atoms with Crippen LogP contribution >= 0.6 is 11.3 Å². The van der Waals surface area contributed by atoms with Crippen molar-refractivity contribution in [1.29, 1.82) is 0 Å². The summed E-state index contributed by atoms with van der Waals surface area (Å²) in [5, 5.41) is 0. The van der Waals surface area contributed by atoms with Crippen molar-refractivity contribution in [2.24, 2.45) is 10.7 Å². The molecular formula is C23H27N3OS. The van der Waals surface area contributed by atoms with Gasteiger partial charge in [-0.3, -0.25) is 9.79 Å². The van der Waals surface area contributed by atoms with Crippen molar-refractivity contribution >= 4 is 29.0 Å². The summed E-state index contributed by atoms with van der Waals surface area (Å²) in [5.41, 5.74) is 11.5. The predicted octanol–water partition coefficient (Wildman–Crippen LogP) is 4.50. The van der Waals surface area contributed by atoms with Crippen LogP contribution in [0.15, 0.2) is 53.7 Å². The van der Waals surface area contributed by atoms with Crippen molar-refractivity contribution < 1.29 is 4.79 Å². The van der Waals surface area contributed by atoms with Crippen molar-refractivity contribution in [2.75, 3.05) is 13.1 Å². The highest BCUT2D eigenvalue weighted by Crippen LogP contribution is 2.40. The number of hydrogen-bond donors (Lipinski definition) is 1. The molecule has 0 saturated carbocycles. The van der Waals surface area contributed by atoms with Gasteiger partial charge in [-0.1, -0.05) is 30.8 Å². The lowest BCUT2D eigenvalue weighted by Gasteiger charge is -2.33. The number of aliphatic imine (C=N–C) groups is 1. The monoisotopic (exact) mass is 393 g/mol. The van der Waals surface area contributed by atoms with E-state index in [2.05, 4.69) is 36.7 Å². The zero-order valence-electron chi connectivity index (χ0n) is 16.7. The number of nitrogens with two attached hydrogens (primary N) is 1. The van der Waals surface area contributed by atoms with E-state index in [0.29, 0.717) is 19.6 Å². The van der Waals surface area contributed by atoms with Crippen LogP contribution in [0.3, 0.4) is 0 Å². The zero-order chi connectivity index (χ0) is 20.3. The van der Waals surface area contributed by atoms with Crippen LogP contribution in [0.25, 0.3) is 5.57 Å². The number of carbonyl (C=O) groups is 1. The number of amides is 1. The SMILES string of the molecule is C=CC(=O)N1Cc2sc(C)cc2C(c2ccccc2/C(C=NCC)=C(\C)N)C1. The quantitative estimate of drug-likeness (QED) is 0.601. The van der Waals surface area contributed by atoms with E-state index in [9.17, 15) is 4.79 Å². The molecule has 1 aromatic carbocycles. The van der Waals surface area contributed by atoms with Gasteiger partial charge in [-0.2, -0.15) is 0 Å². The number of nitrogens with zero attached hydrogens (tertiary/aromatic N) is 2. The van der Waals surface area contributed by atoms with Crippen LogP contribution in [-0.4, -0.2) is 30.1 Å². The van der Waals surface area contributed by atoms with Gasteiger partial charge in [-0.05, 0) is 49.6 Å². The largest absolute Gasteiger partial charge is 0.402 e. The molecule has 0 bridgehead atoms. The van der Waals surface area contributed by atoms with Crippen LogP contribution < -0.4 is 5.73 Å². The molecule has 0 fully saturated rings. The minimum absolute atomic E-state index is 0.0301. The number of benzene rings is 1. The third-order valence-electron chi connectivity index (χ3n) is 5.02. The van der Waals surface area contributed by atoms with Gasteiger partial charge in [0, 0.05) is 46.2 Å². The van der Waals surface area contributed by atoms with Crippen molar-refractivity contribution in [3.05, 3.63) is 75.1 Å². The Labute approximate surface area is 171 Å². The molecule has 28 heavy (non-hydrogen) atoms. The molecule has 4 nitrogen and oxygen atoms in total. The molecule has 0 spiro atoms. The summed E-state index contributed by atoms with van der Waals surface area (Å²) in [7, 11) is 0. The van der Waals surface area contributed by atoms with Gasteiger partial charge >= 0.3 is 0 Å². The molecule has 1 amide bonds. The van der Waals surface area contributed by atoms with E-state index in [0.717, 1.165) is 16.8 Å². The molecule has 1 unspecified atom stereocenters. The minimum Gasteiger partial charge on any atom is -0.402 e. The standard InChI is InChI=1S/C23H27N3OS/c1-5-23(27)26-13-21(19-11-15(3)28-22(19)14-26)18-10-8-7-9-17(18)20(16(4)24)12-25-6-2/h5,7-12,21H,1,6,13-14,24H2,2-4H3/b20-16+,25-12?. The first-order valence-corrected chi connectivity index (χ1v) is 10.3. The number of aryl methyl sites for hydroxylation is 1. The van der Waals surface area contributed by atoms with E-state index >= 15 is 0 Å². The van der Waals surface area contributed by atoms with Gasteiger partial charge in [0.2, 0.25) is 5.91 Å². The molecule has 0 saturated heterocycles. The molecule has 146 valence electrons. The number of allylic oxidation sites excluding steroid dienone is 2. The van der Waals surface area contributed by atoms with Gasteiger partial charge in [0.1, 0.15) is 0 Å². The highest BCUT2D eigenvalue weighted by Gasteiger charge is 2.31. The lowest BCUT2D eigenvalue weighted by Crippen LogP contribution is -2.37. The molecule has 2 heterocycles. The second-order valence-electron chi connectivity index (χ2n) is 7.02.